The molecule has 0 heterocycles. The third kappa shape index (κ3) is 6.22. The molecule has 0 rings (SSSR count). The number of hydrogen-bond donors (Lipinski definition) is 0. The van der Waals surface area contributed by atoms with Crippen molar-refractivity contribution >= 4 is 11.9 Å². The predicted octanol–water partition coefficient (Wildman–Crippen LogP) is 3.50. The third-order valence-corrected chi connectivity index (χ3v) is 2.63. The van der Waals surface area contributed by atoms with E-state index in [1.807, 2.05) is 34.6 Å². The first-order valence-electron chi connectivity index (χ1n) is 7.21. The van der Waals surface area contributed by atoms with Crippen molar-refractivity contribution in [1.82, 2.24) is 0 Å². The molecule has 0 aromatic heterocycles. The Morgan fingerprint density at radius 3 is 1.75 bits per heavy atom. The van der Waals surface area contributed by atoms with Gasteiger partial charge in [-0.15, -0.1) is 0 Å². The van der Waals surface area contributed by atoms with Gasteiger partial charge in [0.05, 0.1) is 18.8 Å². The van der Waals surface area contributed by atoms with Crippen molar-refractivity contribution in [2.24, 2.45) is 11.3 Å². The number of rotatable bonds is 6. The summed E-state index contributed by atoms with van der Waals surface area (Å²) in [6, 6.07) is 0. The zero-order chi connectivity index (χ0) is 15.9. The second kappa shape index (κ2) is 8.08. The van der Waals surface area contributed by atoms with Crippen LogP contribution >= 0.6 is 0 Å². The Bertz CT molecular complexity index is 372. The van der Waals surface area contributed by atoms with Gasteiger partial charge in [-0.25, -0.2) is 9.59 Å². The Labute approximate surface area is 122 Å². The molecule has 0 aromatic rings. The molecule has 0 aliphatic carbocycles. The van der Waals surface area contributed by atoms with Crippen LogP contribution in [0.3, 0.4) is 0 Å². The van der Waals surface area contributed by atoms with Gasteiger partial charge in [0.2, 0.25) is 0 Å². The highest BCUT2D eigenvalue weighted by atomic mass is 16.5. The van der Waals surface area contributed by atoms with Crippen LogP contribution in [-0.4, -0.2) is 25.2 Å². The molecule has 4 heteroatoms. The first kappa shape index (κ1) is 18.7. The molecule has 0 unspecified atom stereocenters. The van der Waals surface area contributed by atoms with Crippen molar-refractivity contribution in [2.45, 2.75) is 54.9 Å². The molecule has 0 amide bonds. The van der Waals surface area contributed by atoms with E-state index in [0.717, 1.165) is 0 Å². The lowest BCUT2D eigenvalue weighted by atomic mass is 9.83. The molecule has 0 saturated carbocycles. The maximum Gasteiger partial charge on any atom is 0.334 e. The zero-order valence-corrected chi connectivity index (χ0v) is 13.8. The smallest absolute Gasteiger partial charge is 0.334 e. The van der Waals surface area contributed by atoms with E-state index in [4.69, 9.17) is 9.47 Å². The fraction of sp³-hybridized carbons (Fsp3) is 0.750. The summed E-state index contributed by atoms with van der Waals surface area (Å²) in [7, 11) is 0. The Morgan fingerprint density at radius 1 is 0.950 bits per heavy atom. The van der Waals surface area contributed by atoms with E-state index in [2.05, 4.69) is 0 Å². The van der Waals surface area contributed by atoms with Crippen LogP contribution in [-0.2, 0) is 19.1 Å². The Kier molecular flexibility index (Phi) is 7.54. The van der Waals surface area contributed by atoms with Crippen molar-refractivity contribution in [3.05, 3.63) is 11.1 Å². The van der Waals surface area contributed by atoms with Gasteiger partial charge in [-0.3, -0.25) is 0 Å². The Hall–Kier alpha value is -1.32. The van der Waals surface area contributed by atoms with Crippen LogP contribution < -0.4 is 0 Å². The zero-order valence-electron chi connectivity index (χ0n) is 13.8. The van der Waals surface area contributed by atoms with Crippen molar-refractivity contribution in [3.63, 3.8) is 0 Å². The Balaban J connectivity index is 5.73. The molecule has 0 N–H and O–H groups in total. The summed E-state index contributed by atoms with van der Waals surface area (Å²) in [4.78, 5) is 24.3. The summed E-state index contributed by atoms with van der Waals surface area (Å²) >= 11 is 0. The van der Waals surface area contributed by atoms with Gasteiger partial charge in [-0.05, 0) is 31.6 Å². The van der Waals surface area contributed by atoms with Gasteiger partial charge in [0.15, 0.2) is 0 Å². The fourth-order valence-electron chi connectivity index (χ4n) is 1.94. The molecular formula is C16H28O4. The number of esters is 2. The van der Waals surface area contributed by atoms with Gasteiger partial charge in [0, 0.05) is 5.57 Å². The van der Waals surface area contributed by atoms with Crippen LogP contribution in [0.1, 0.15) is 54.9 Å². The molecule has 0 saturated heterocycles. The van der Waals surface area contributed by atoms with E-state index in [1.165, 1.54) is 0 Å². The lowest BCUT2D eigenvalue weighted by Gasteiger charge is -2.23. The first-order chi connectivity index (χ1) is 9.14. The SMILES string of the molecule is CCOC(=O)C(CC(C)(C)C)=C(C(=O)OCC)C(C)C. The number of carbonyl (C=O) groups excluding carboxylic acids is 2. The molecular weight excluding hydrogens is 256 g/mol. The van der Waals surface area contributed by atoms with E-state index in [-0.39, 0.29) is 11.3 Å². The topological polar surface area (TPSA) is 52.6 Å². The molecule has 0 aliphatic rings. The molecule has 20 heavy (non-hydrogen) atoms. The first-order valence-corrected chi connectivity index (χ1v) is 7.21. The molecule has 0 aromatic carbocycles. The maximum absolute atomic E-state index is 12.2. The van der Waals surface area contributed by atoms with Gasteiger partial charge in [-0.1, -0.05) is 34.6 Å². The van der Waals surface area contributed by atoms with Gasteiger partial charge in [0.25, 0.3) is 0 Å². The fourth-order valence-corrected chi connectivity index (χ4v) is 1.94. The largest absolute Gasteiger partial charge is 0.463 e. The van der Waals surface area contributed by atoms with E-state index in [1.54, 1.807) is 13.8 Å². The standard InChI is InChI=1S/C16H28O4/c1-8-19-14(17)12(10-16(5,6)7)13(11(3)4)15(18)20-9-2/h11H,8-10H2,1-7H3. The average molecular weight is 284 g/mol. The van der Waals surface area contributed by atoms with Crippen LogP contribution in [0.25, 0.3) is 0 Å². The second-order valence-corrected chi connectivity index (χ2v) is 6.23. The summed E-state index contributed by atoms with van der Waals surface area (Å²) in [6.07, 6.45) is 0.484. The molecule has 0 atom stereocenters. The van der Waals surface area contributed by atoms with E-state index < -0.39 is 11.9 Å². The molecule has 0 spiro atoms. The normalized spacial score (nSPS) is 13.0. The van der Waals surface area contributed by atoms with Gasteiger partial charge in [0.1, 0.15) is 0 Å². The van der Waals surface area contributed by atoms with Crippen LogP contribution in [0.15, 0.2) is 11.1 Å². The summed E-state index contributed by atoms with van der Waals surface area (Å²) in [5.74, 6) is -0.926. The van der Waals surface area contributed by atoms with Gasteiger partial charge < -0.3 is 9.47 Å². The van der Waals surface area contributed by atoms with Crippen molar-refractivity contribution < 1.29 is 19.1 Å². The summed E-state index contributed by atoms with van der Waals surface area (Å²) < 4.78 is 10.2. The molecule has 116 valence electrons. The van der Waals surface area contributed by atoms with Crippen molar-refractivity contribution in [1.29, 1.82) is 0 Å². The quantitative estimate of drug-likeness (QED) is 0.553. The lowest BCUT2D eigenvalue weighted by Crippen LogP contribution is -2.23. The van der Waals surface area contributed by atoms with E-state index >= 15 is 0 Å². The summed E-state index contributed by atoms with van der Waals surface area (Å²) in [5, 5.41) is 0. The van der Waals surface area contributed by atoms with E-state index in [0.29, 0.717) is 30.8 Å². The third-order valence-electron chi connectivity index (χ3n) is 2.63. The van der Waals surface area contributed by atoms with E-state index in [9.17, 15) is 9.59 Å². The summed E-state index contributed by atoms with van der Waals surface area (Å²) in [6.45, 7) is 13.9. The monoisotopic (exact) mass is 284 g/mol. The van der Waals surface area contributed by atoms with Crippen molar-refractivity contribution in [2.75, 3.05) is 13.2 Å². The second-order valence-electron chi connectivity index (χ2n) is 6.23. The molecule has 0 radical (unpaired) electrons. The highest BCUT2D eigenvalue weighted by Crippen LogP contribution is 2.30. The minimum Gasteiger partial charge on any atom is -0.463 e. The molecule has 0 aliphatic heterocycles. The lowest BCUT2D eigenvalue weighted by molar-refractivity contribution is -0.142. The van der Waals surface area contributed by atoms with Crippen LogP contribution in [0, 0.1) is 11.3 Å². The maximum atomic E-state index is 12.2. The predicted molar refractivity (Wildman–Crippen MR) is 79.2 cm³/mol. The van der Waals surface area contributed by atoms with Crippen molar-refractivity contribution in [3.8, 4) is 0 Å². The average Bonchev–Trinajstić information content (AvgIpc) is 2.26. The van der Waals surface area contributed by atoms with Gasteiger partial charge >= 0.3 is 11.9 Å². The van der Waals surface area contributed by atoms with Crippen LogP contribution in [0.5, 0.6) is 0 Å². The van der Waals surface area contributed by atoms with Crippen LogP contribution in [0.2, 0.25) is 0 Å². The highest BCUT2D eigenvalue weighted by Gasteiger charge is 2.28. The molecule has 0 bridgehead atoms. The molecule has 0 fully saturated rings. The summed E-state index contributed by atoms with van der Waals surface area (Å²) in [5.41, 5.74) is 0.752. The Morgan fingerprint density at radius 2 is 1.40 bits per heavy atom. The molecule has 4 nitrogen and oxygen atoms in total. The van der Waals surface area contributed by atoms with Crippen LogP contribution in [0.4, 0.5) is 0 Å². The number of hydrogen-bond acceptors (Lipinski definition) is 4. The minimum atomic E-state index is -0.421. The minimum absolute atomic E-state index is 0.0872. The highest BCUT2D eigenvalue weighted by molar-refractivity contribution is 6.00. The number of ether oxygens (including phenoxy) is 2. The van der Waals surface area contributed by atoms with Gasteiger partial charge in [-0.2, -0.15) is 0 Å². The number of carbonyl (C=O) groups is 2.